The standard InChI is InChI=1S/C21H26N2O3S/c1-22(2)17-7-5-16(6-8-17)14-23(3)21(24)15-27-18-9-10-19-20(13-18)26-12-4-11-25-19/h5-10,13H,4,11-12,14-15H2,1-3H3. The van der Waals surface area contributed by atoms with Crippen LogP contribution >= 0.6 is 11.8 Å². The van der Waals surface area contributed by atoms with Gasteiger partial charge in [0.05, 0.1) is 19.0 Å². The maximum absolute atomic E-state index is 12.5. The number of thioether (sulfide) groups is 1. The lowest BCUT2D eigenvalue weighted by Gasteiger charge is -2.18. The SMILES string of the molecule is CN(Cc1ccc(N(C)C)cc1)C(=O)CSc1ccc2c(c1)OCCCO2. The van der Waals surface area contributed by atoms with Gasteiger partial charge in [-0.25, -0.2) is 0 Å². The van der Waals surface area contributed by atoms with Crippen LogP contribution in [0.4, 0.5) is 5.69 Å². The maximum Gasteiger partial charge on any atom is 0.232 e. The zero-order valence-corrected chi connectivity index (χ0v) is 16.9. The highest BCUT2D eigenvalue weighted by atomic mass is 32.2. The van der Waals surface area contributed by atoms with E-state index in [9.17, 15) is 4.79 Å². The fourth-order valence-electron chi connectivity index (χ4n) is 2.75. The van der Waals surface area contributed by atoms with Gasteiger partial charge in [-0.05, 0) is 35.9 Å². The number of hydrogen-bond donors (Lipinski definition) is 0. The summed E-state index contributed by atoms with van der Waals surface area (Å²) in [5.41, 5.74) is 2.27. The normalized spacial score (nSPS) is 13.0. The summed E-state index contributed by atoms with van der Waals surface area (Å²) in [6, 6.07) is 14.1. The lowest BCUT2D eigenvalue weighted by atomic mass is 10.2. The van der Waals surface area contributed by atoms with Crippen LogP contribution in [0, 0.1) is 0 Å². The Kier molecular flexibility index (Phi) is 6.50. The molecule has 0 aliphatic carbocycles. The predicted octanol–water partition coefficient (Wildman–Crippen LogP) is 3.66. The van der Waals surface area contributed by atoms with Crippen molar-refractivity contribution in [3.63, 3.8) is 0 Å². The molecule has 1 aliphatic heterocycles. The molecule has 1 heterocycles. The average Bonchev–Trinajstić information content (AvgIpc) is 2.91. The minimum absolute atomic E-state index is 0.101. The molecule has 144 valence electrons. The highest BCUT2D eigenvalue weighted by Crippen LogP contribution is 2.33. The Labute approximate surface area is 165 Å². The monoisotopic (exact) mass is 386 g/mol. The molecule has 0 aromatic heterocycles. The highest BCUT2D eigenvalue weighted by Gasteiger charge is 2.13. The van der Waals surface area contributed by atoms with Crippen molar-refractivity contribution < 1.29 is 14.3 Å². The lowest BCUT2D eigenvalue weighted by Crippen LogP contribution is -2.27. The van der Waals surface area contributed by atoms with Crippen molar-refractivity contribution in [2.45, 2.75) is 17.9 Å². The van der Waals surface area contributed by atoms with Gasteiger partial charge in [0, 0.05) is 44.7 Å². The topological polar surface area (TPSA) is 42.0 Å². The van der Waals surface area contributed by atoms with E-state index in [2.05, 4.69) is 29.2 Å². The van der Waals surface area contributed by atoms with Gasteiger partial charge >= 0.3 is 0 Å². The van der Waals surface area contributed by atoms with E-state index in [-0.39, 0.29) is 5.91 Å². The first kappa shape index (κ1) is 19.4. The summed E-state index contributed by atoms with van der Waals surface area (Å²) < 4.78 is 11.4. The number of fused-ring (bicyclic) bond motifs is 1. The molecule has 6 heteroatoms. The van der Waals surface area contributed by atoms with Crippen molar-refractivity contribution in [3.8, 4) is 11.5 Å². The van der Waals surface area contributed by atoms with Crippen LogP contribution in [0.1, 0.15) is 12.0 Å². The summed E-state index contributed by atoms with van der Waals surface area (Å²) in [6.45, 7) is 1.95. The van der Waals surface area contributed by atoms with E-state index in [4.69, 9.17) is 9.47 Å². The van der Waals surface area contributed by atoms with Crippen LogP contribution in [-0.4, -0.2) is 50.9 Å². The van der Waals surface area contributed by atoms with E-state index in [0.717, 1.165) is 34.1 Å². The third-order valence-corrected chi connectivity index (χ3v) is 5.36. The zero-order chi connectivity index (χ0) is 19.2. The minimum atomic E-state index is 0.101. The summed E-state index contributed by atoms with van der Waals surface area (Å²) >= 11 is 1.52. The molecule has 0 unspecified atom stereocenters. The number of anilines is 1. The average molecular weight is 387 g/mol. The number of carbonyl (C=O) groups excluding carboxylic acids is 1. The van der Waals surface area contributed by atoms with Gasteiger partial charge in [0.25, 0.3) is 0 Å². The molecule has 27 heavy (non-hydrogen) atoms. The molecule has 0 saturated heterocycles. The number of amides is 1. The van der Waals surface area contributed by atoms with Gasteiger partial charge in [-0.1, -0.05) is 12.1 Å². The molecule has 1 aliphatic rings. The minimum Gasteiger partial charge on any atom is -0.490 e. The molecule has 5 nitrogen and oxygen atoms in total. The van der Waals surface area contributed by atoms with E-state index < -0.39 is 0 Å². The first-order valence-corrected chi connectivity index (χ1v) is 10.0. The molecule has 1 amide bonds. The number of benzene rings is 2. The molecule has 0 atom stereocenters. The largest absolute Gasteiger partial charge is 0.490 e. The Morgan fingerprint density at radius 3 is 2.41 bits per heavy atom. The first-order valence-electron chi connectivity index (χ1n) is 9.05. The van der Waals surface area contributed by atoms with Crippen LogP contribution in [0.3, 0.4) is 0 Å². The number of carbonyl (C=O) groups is 1. The van der Waals surface area contributed by atoms with Crippen LogP contribution in [0.25, 0.3) is 0 Å². The van der Waals surface area contributed by atoms with Crippen molar-refractivity contribution in [3.05, 3.63) is 48.0 Å². The van der Waals surface area contributed by atoms with Gasteiger partial charge in [-0.3, -0.25) is 4.79 Å². The van der Waals surface area contributed by atoms with Gasteiger partial charge in [-0.15, -0.1) is 11.8 Å². The van der Waals surface area contributed by atoms with Crippen LogP contribution in [0.15, 0.2) is 47.4 Å². The van der Waals surface area contributed by atoms with Crippen LogP contribution in [-0.2, 0) is 11.3 Å². The molecule has 0 N–H and O–H groups in total. The summed E-state index contributed by atoms with van der Waals surface area (Å²) in [7, 11) is 5.87. The second-order valence-electron chi connectivity index (χ2n) is 6.76. The van der Waals surface area contributed by atoms with Crippen molar-refractivity contribution >= 4 is 23.4 Å². The van der Waals surface area contributed by atoms with Gasteiger partial charge in [0.15, 0.2) is 11.5 Å². The summed E-state index contributed by atoms with van der Waals surface area (Å²) in [5, 5.41) is 0. The Balaban J connectivity index is 1.53. The molecule has 0 saturated carbocycles. The third-order valence-electron chi connectivity index (χ3n) is 4.38. The Morgan fingerprint density at radius 1 is 1.00 bits per heavy atom. The Bertz CT molecular complexity index is 777. The van der Waals surface area contributed by atoms with Crippen molar-refractivity contribution in [2.75, 3.05) is 45.0 Å². The van der Waals surface area contributed by atoms with E-state index >= 15 is 0 Å². The van der Waals surface area contributed by atoms with E-state index in [1.807, 2.05) is 39.3 Å². The van der Waals surface area contributed by atoms with E-state index in [1.54, 1.807) is 4.90 Å². The number of rotatable bonds is 6. The second kappa shape index (κ2) is 9.04. The molecular formula is C21H26N2O3S. The molecule has 0 radical (unpaired) electrons. The summed E-state index contributed by atoms with van der Waals surface area (Å²) in [6.07, 6.45) is 0.885. The fourth-order valence-corrected chi connectivity index (χ4v) is 3.62. The summed E-state index contributed by atoms with van der Waals surface area (Å²) in [5.74, 6) is 2.04. The van der Waals surface area contributed by atoms with Crippen molar-refractivity contribution in [1.29, 1.82) is 0 Å². The lowest BCUT2D eigenvalue weighted by molar-refractivity contribution is -0.127. The highest BCUT2D eigenvalue weighted by molar-refractivity contribution is 8.00. The molecular weight excluding hydrogens is 360 g/mol. The molecule has 0 bridgehead atoms. The van der Waals surface area contributed by atoms with E-state index in [1.165, 1.54) is 11.8 Å². The van der Waals surface area contributed by atoms with Crippen molar-refractivity contribution in [2.24, 2.45) is 0 Å². The predicted molar refractivity (Wildman–Crippen MR) is 110 cm³/mol. The van der Waals surface area contributed by atoms with Gasteiger partial charge in [0.2, 0.25) is 5.91 Å². The van der Waals surface area contributed by atoms with Gasteiger partial charge in [0.1, 0.15) is 0 Å². The molecule has 0 spiro atoms. The van der Waals surface area contributed by atoms with Gasteiger partial charge < -0.3 is 19.3 Å². The van der Waals surface area contributed by atoms with Crippen LogP contribution in [0.2, 0.25) is 0 Å². The molecule has 2 aromatic rings. The molecule has 2 aromatic carbocycles. The Hall–Kier alpha value is -2.34. The van der Waals surface area contributed by atoms with Gasteiger partial charge in [-0.2, -0.15) is 0 Å². The number of hydrogen-bond acceptors (Lipinski definition) is 5. The summed E-state index contributed by atoms with van der Waals surface area (Å²) in [4.78, 5) is 17.3. The Morgan fingerprint density at radius 2 is 1.70 bits per heavy atom. The second-order valence-corrected chi connectivity index (χ2v) is 7.81. The first-order chi connectivity index (χ1) is 13.0. The zero-order valence-electron chi connectivity index (χ0n) is 16.1. The number of ether oxygens (including phenoxy) is 2. The van der Waals surface area contributed by atoms with Crippen LogP contribution < -0.4 is 14.4 Å². The van der Waals surface area contributed by atoms with Crippen molar-refractivity contribution in [1.82, 2.24) is 4.90 Å². The number of nitrogens with zero attached hydrogens (tertiary/aromatic N) is 2. The third kappa shape index (κ3) is 5.32. The van der Waals surface area contributed by atoms with Crippen LogP contribution in [0.5, 0.6) is 11.5 Å². The molecule has 0 fully saturated rings. The maximum atomic E-state index is 12.5. The van der Waals surface area contributed by atoms with E-state index in [0.29, 0.717) is 25.5 Å². The smallest absolute Gasteiger partial charge is 0.232 e. The quantitative estimate of drug-likeness (QED) is 0.709. The molecule has 3 rings (SSSR count). The fraction of sp³-hybridized carbons (Fsp3) is 0.381.